The summed E-state index contributed by atoms with van der Waals surface area (Å²) >= 11 is 0. The first-order chi connectivity index (χ1) is 8.04. The molecule has 0 radical (unpaired) electrons. The van der Waals surface area contributed by atoms with Crippen molar-refractivity contribution in [2.24, 2.45) is 0 Å². The summed E-state index contributed by atoms with van der Waals surface area (Å²) < 4.78 is 19.8. The largest absolute Gasteiger partial charge is 0.385 e. The van der Waals surface area contributed by atoms with Crippen LogP contribution < -0.4 is 11.2 Å². The summed E-state index contributed by atoms with van der Waals surface area (Å²) in [5, 5.41) is 9.65. The summed E-state index contributed by atoms with van der Waals surface area (Å²) in [6.07, 6.45) is -3.22. The number of nitrogens with one attached hydrogen (secondary N) is 1. The Balaban J connectivity index is 2.35. The average molecular weight is 244 g/mol. The van der Waals surface area contributed by atoms with E-state index < -0.39 is 35.9 Å². The van der Waals surface area contributed by atoms with Gasteiger partial charge in [-0.05, 0) is 6.42 Å². The predicted molar refractivity (Wildman–Crippen MR) is 56.4 cm³/mol. The molecule has 1 aliphatic heterocycles. The van der Waals surface area contributed by atoms with Crippen LogP contribution in [0.5, 0.6) is 0 Å². The summed E-state index contributed by atoms with van der Waals surface area (Å²) in [5.74, 6) is 0. The molecule has 0 saturated carbocycles. The van der Waals surface area contributed by atoms with Gasteiger partial charge in [0.2, 0.25) is 0 Å². The topological polar surface area (TPSA) is 84.3 Å². The van der Waals surface area contributed by atoms with Crippen molar-refractivity contribution in [2.45, 2.75) is 38.0 Å². The van der Waals surface area contributed by atoms with E-state index >= 15 is 0 Å². The molecule has 0 aliphatic carbocycles. The first-order valence-electron chi connectivity index (χ1n) is 5.33. The van der Waals surface area contributed by atoms with Crippen LogP contribution in [-0.2, 0) is 4.74 Å². The normalized spacial score (nSPS) is 32.9. The van der Waals surface area contributed by atoms with E-state index in [1.165, 1.54) is 6.20 Å². The minimum absolute atomic E-state index is 0.396. The van der Waals surface area contributed by atoms with E-state index in [4.69, 9.17) is 4.74 Å². The number of aliphatic hydroxyl groups is 1. The Bertz CT molecular complexity index is 512. The summed E-state index contributed by atoms with van der Waals surface area (Å²) in [7, 11) is 0. The average Bonchev–Trinajstić information content (AvgIpc) is 2.57. The van der Waals surface area contributed by atoms with Crippen molar-refractivity contribution in [2.75, 3.05) is 0 Å². The molecule has 0 amide bonds. The summed E-state index contributed by atoms with van der Waals surface area (Å²) in [6.45, 7) is 1.72. The van der Waals surface area contributed by atoms with Crippen molar-refractivity contribution >= 4 is 0 Å². The van der Waals surface area contributed by atoms with Crippen LogP contribution in [0.2, 0.25) is 0 Å². The third-order valence-electron chi connectivity index (χ3n) is 2.82. The van der Waals surface area contributed by atoms with Gasteiger partial charge < -0.3 is 9.84 Å². The lowest BCUT2D eigenvalue weighted by Gasteiger charge is -2.16. The van der Waals surface area contributed by atoms with Crippen LogP contribution in [-0.4, -0.2) is 33.0 Å². The predicted octanol–water partition coefficient (Wildman–Crippen LogP) is -0.457. The van der Waals surface area contributed by atoms with E-state index in [0.717, 1.165) is 10.6 Å². The van der Waals surface area contributed by atoms with Crippen LogP contribution >= 0.6 is 0 Å². The Hall–Kier alpha value is -1.47. The molecule has 1 unspecified atom stereocenters. The smallest absolute Gasteiger partial charge is 0.330 e. The van der Waals surface area contributed by atoms with Gasteiger partial charge in [0.05, 0.1) is 6.10 Å². The van der Waals surface area contributed by atoms with Crippen molar-refractivity contribution in [3.05, 3.63) is 33.1 Å². The van der Waals surface area contributed by atoms with Gasteiger partial charge in [0, 0.05) is 12.3 Å². The Kier molecular flexibility index (Phi) is 3.12. The SMILES string of the molecule is CC[C@H]1O[C@@H](n2ccc(=O)[nH]c2=O)[C@@H](O)C1F. The van der Waals surface area contributed by atoms with Crippen molar-refractivity contribution in [1.82, 2.24) is 9.55 Å². The van der Waals surface area contributed by atoms with Crippen LogP contribution in [0.1, 0.15) is 19.6 Å². The number of rotatable bonds is 2. The zero-order valence-corrected chi connectivity index (χ0v) is 9.17. The maximum absolute atomic E-state index is 13.6. The number of nitrogens with zero attached hydrogens (tertiary/aromatic N) is 1. The first kappa shape index (κ1) is 12.0. The second kappa shape index (κ2) is 4.42. The molecule has 0 aromatic carbocycles. The number of aliphatic hydroxyl groups excluding tert-OH is 1. The van der Waals surface area contributed by atoms with E-state index in [1.54, 1.807) is 6.92 Å². The Labute approximate surface area is 95.7 Å². The number of alkyl halides is 1. The highest BCUT2D eigenvalue weighted by Crippen LogP contribution is 2.31. The molecule has 7 heteroatoms. The molecular weight excluding hydrogens is 231 g/mol. The molecule has 94 valence electrons. The highest BCUT2D eigenvalue weighted by Gasteiger charge is 2.44. The maximum atomic E-state index is 13.6. The Morgan fingerprint density at radius 2 is 2.29 bits per heavy atom. The van der Waals surface area contributed by atoms with E-state index in [-0.39, 0.29) is 0 Å². The van der Waals surface area contributed by atoms with Gasteiger partial charge in [0.1, 0.15) is 6.10 Å². The number of H-pyrrole nitrogens is 1. The summed E-state index contributed by atoms with van der Waals surface area (Å²) in [5.41, 5.74) is -1.28. The fraction of sp³-hybridized carbons (Fsp3) is 0.600. The third kappa shape index (κ3) is 2.03. The number of aromatic nitrogens is 2. The monoisotopic (exact) mass is 244 g/mol. The van der Waals surface area contributed by atoms with E-state index in [0.29, 0.717) is 6.42 Å². The summed E-state index contributed by atoms with van der Waals surface area (Å²) in [4.78, 5) is 24.4. The fourth-order valence-corrected chi connectivity index (χ4v) is 1.89. The Morgan fingerprint density at radius 1 is 1.59 bits per heavy atom. The quantitative estimate of drug-likeness (QED) is 0.737. The van der Waals surface area contributed by atoms with E-state index in [9.17, 15) is 19.1 Å². The highest BCUT2D eigenvalue weighted by atomic mass is 19.1. The molecule has 0 bridgehead atoms. The number of ether oxygens (including phenoxy) is 1. The zero-order chi connectivity index (χ0) is 12.6. The first-order valence-corrected chi connectivity index (χ1v) is 5.33. The van der Waals surface area contributed by atoms with Crippen LogP contribution in [0.25, 0.3) is 0 Å². The second-order valence-corrected chi connectivity index (χ2v) is 3.93. The maximum Gasteiger partial charge on any atom is 0.330 e. The molecule has 17 heavy (non-hydrogen) atoms. The van der Waals surface area contributed by atoms with Crippen LogP contribution in [0.4, 0.5) is 4.39 Å². The van der Waals surface area contributed by atoms with Gasteiger partial charge in [0.25, 0.3) is 5.56 Å². The summed E-state index contributed by atoms with van der Waals surface area (Å²) in [6, 6.07) is 1.12. The number of halogens is 1. The zero-order valence-electron chi connectivity index (χ0n) is 9.17. The van der Waals surface area contributed by atoms with Gasteiger partial charge >= 0.3 is 5.69 Å². The van der Waals surface area contributed by atoms with Crippen LogP contribution in [0.3, 0.4) is 0 Å². The van der Waals surface area contributed by atoms with Gasteiger partial charge in [-0.25, -0.2) is 9.18 Å². The lowest BCUT2D eigenvalue weighted by molar-refractivity contribution is -0.0404. The molecule has 6 nitrogen and oxygen atoms in total. The third-order valence-corrected chi connectivity index (χ3v) is 2.82. The van der Waals surface area contributed by atoms with Crippen molar-refractivity contribution in [1.29, 1.82) is 0 Å². The molecule has 2 N–H and O–H groups in total. The van der Waals surface area contributed by atoms with E-state index in [2.05, 4.69) is 0 Å². The fourth-order valence-electron chi connectivity index (χ4n) is 1.89. The molecule has 1 aromatic heterocycles. The van der Waals surface area contributed by atoms with Crippen LogP contribution in [0.15, 0.2) is 21.9 Å². The van der Waals surface area contributed by atoms with Gasteiger partial charge in [-0.2, -0.15) is 0 Å². The molecular formula is C10H13FN2O4. The molecule has 2 heterocycles. The lowest BCUT2D eigenvalue weighted by atomic mass is 10.1. The number of hydrogen-bond acceptors (Lipinski definition) is 4. The van der Waals surface area contributed by atoms with Crippen molar-refractivity contribution in [3.63, 3.8) is 0 Å². The molecule has 1 fully saturated rings. The lowest BCUT2D eigenvalue weighted by Crippen LogP contribution is -2.36. The molecule has 2 rings (SSSR count). The van der Waals surface area contributed by atoms with Crippen LogP contribution in [0, 0.1) is 0 Å². The molecule has 0 spiro atoms. The minimum atomic E-state index is -1.54. The van der Waals surface area contributed by atoms with Gasteiger partial charge in [-0.15, -0.1) is 0 Å². The standard InChI is InChI=1S/C10H13FN2O4/c1-2-5-7(11)8(15)9(17-5)13-4-3-6(14)12-10(13)16/h3-5,7-9,15H,2H2,1H3,(H,12,14,16)/t5-,7?,8+,9-/m1/s1. The van der Waals surface area contributed by atoms with Gasteiger partial charge in [0.15, 0.2) is 12.4 Å². The number of hydrogen-bond donors (Lipinski definition) is 2. The van der Waals surface area contributed by atoms with Gasteiger partial charge in [-0.1, -0.05) is 6.92 Å². The molecule has 1 aliphatic rings. The Morgan fingerprint density at radius 3 is 2.82 bits per heavy atom. The molecule has 4 atom stereocenters. The molecule has 1 aromatic rings. The van der Waals surface area contributed by atoms with E-state index in [1.807, 2.05) is 4.98 Å². The highest BCUT2D eigenvalue weighted by molar-refractivity contribution is 4.92. The van der Waals surface area contributed by atoms with Gasteiger partial charge in [-0.3, -0.25) is 14.3 Å². The van der Waals surface area contributed by atoms with Crippen molar-refractivity contribution < 1.29 is 14.2 Å². The molecule has 1 saturated heterocycles. The minimum Gasteiger partial charge on any atom is -0.385 e. The second-order valence-electron chi connectivity index (χ2n) is 3.93. The van der Waals surface area contributed by atoms with Crippen molar-refractivity contribution in [3.8, 4) is 0 Å². The number of aromatic amines is 1.